The number of hydrogen-bond donors (Lipinski definition) is 1. The van der Waals surface area contributed by atoms with Crippen LogP contribution in [0.1, 0.15) is 0 Å². The normalized spacial score (nSPS) is 7.73. The third-order valence-corrected chi connectivity index (χ3v) is 1.42. The molecule has 60 valence electrons. The SMILES string of the molecule is O.O.[B]c1cccc(O)c1Cl. The molecule has 0 heterocycles. The van der Waals surface area contributed by atoms with E-state index in [2.05, 4.69) is 0 Å². The molecule has 0 fully saturated rings. The molecule has 0 bridgehead atoms. The molecule has 0 saturated heterocycles. The molecule has 0 aliphatic heterocycles. The lowest BCUT2D eigenvalue weighted by Gasteiger charge is -1.97. The van der Waals surface area contributed by atoms with Crippen LogP contribution in [0.3, 0.4) is 0 Å². The molecule has 1 rings (SSSR count). The summed E-state index contributed by atoms with van der Waals surface area (Å²) in [4.78, 5) is 0. The Morgan fingerprint density at radius 1 is 1.27 bits per heavy atom. The van der Waals surface area contributed by atoms with E-state index in [1.807, 2.05) is 0 Å². The van der Waals surface area contributed by atoms with Crippen LogP contribution >= 0.6 is 11.6 Å². The van der Waals surface area contributed by atoms with Crippen molar-refractivity contribution >= 4 is 24.9 Å². The molecule has 5 heteroatoms. The van der Waals surface area contributed by atoms with Gasteiger partial charge in [0.05, 0.1) is 5.02 Å². The average Bonchev–Trinajstić information content (AvgIpc) is 1.83. The van der Waals surface area contributed by atoms with Crippen LogP contribution in [0.25, 0.3) is 0 Å². The van der Waals surface area contributed by atoms with Gasteiger partial charge < -0.3 is 16.1 Å². The monoisotopic (exact) mass is 174 g/mol. The summed E-state index contributed by atoms with van der Waals surface area (Å²) < 4.78 is 0. The summed E-state index contributed by atoms with van der Waals surface area (Å²) in [5.74, 6) is 0.0247. The molecule has 0 aliphatic rings. The van der Waals surface area contributed by atoms with E-state index in [0.717, 1.165) is 0 Å². The molecular weight excluding hydrogens is 166 g/mol. The van der Waals surface area contributed by atoms with E-state index in [1.165, 1.54) is 6.07 Å². The van der Waals surface area contributed by atoms with Gasteiger partial charge in [-0.25, -0.2) is 0 Å². The second-order valence-electron chi connectivity index (χ2n) is 1.68. The highest BCUT2D eigenvalue weighted by molar-refractivity contribution is 6.45. The van der Waals surface area contributed by atoms with E-state index in [1.54, 1.807) is 12.1 Å². The number of aromatic hydroxyl groups is 1. The van der Waals surface area contributed by atoms with Gasteiger partial charge in [0.25, 0.3) is 0 Å². The fourth-order valence-corrected chi connectivity index (χ4v) is 0.663. The predicted octanol–water partition coefficient (Wildman–Crippen LogP) is -0.810. The molecule has 0 amide bonds. The maximum Gasteiger partial charge on any atom is 0.133 e. The Morgan fingerprint density at radius 2 is 1.82 bits per heavy atom. The largest absolute Gasteiger partial charge is 0.506 e. The highest BCUT2D eigenvalue weighted by Gasteiger charge is 1.96. The van der Waals surface area contributed by atoms with Crippen molar-refractivity contribution in [2.75, 3.05) is 0 Å². The number of benzene rings is 1. The van der Waals surface area contributed by atoms with Gasteiger partial charge in [0.1, 0.15) is 13.6 Å². The lowest BCUT2D eigenvalue weighted by Crippen LogP contribution is -2.01. The second kappa shape index (κ2) is 5.01. The van der Waals surface area contributed by atoms with Gasteiger partial charge in [0.15, 0.2) is 0 Å². The maximum atomic E-state index is 8.89. The summed E-state index contributed by atoms with van der Waals surface area (Å²) in [6.07, 6.45) is 0. The first kappa shape index (κ1) is 12.9. The molecule has 0 unspecified atom stereocenters. The van der Waals surface area contributed by atoms with Crippen LogP contribution in [0.15, 0.2) is 18.2 Å². The van der Waals surface area contributed by atoms with Gasteiger partial charge in [-0.2, -0.15) is 0 Å². The van der Waals surface area contributed by atoms with Crippen molar-refractivity contribution in [1.29, 1.82) is 0 Å². The highest BCUT2D eigenvalue weighted by Crippen LogP contribution is 2.17. The van der Waals surface area contributed by atoms with Gasteiger partial charge in [-0.15, -0.1) is 0 Å². The molecule has 1 aromatic rings. The third kappa shape index (κ3) is 2.80. The Labute approximate surface area is 70.6 Å². The second-order valence-corrected chi connectivity index (χ2v) is 2.06. The first-order valence-electron chi connectivity index (χ1n) is 2.45. The molecular formula is C6H8BClO3. The molecule has 3 nitrogen and oxygen atoms in total. The standard InChI is InChI=1S/C6H4BClO.2H2O/c7-4-2-1-3-5(9)6(4)8;;/h1-3,9H;2*1H2. The Morgan fingerprint density at radius 3 is 2.18 bits per heavy atom. The van der Waals surface area contributed by atoms with E-state index in [0.29, 0.717) is 5.46 Å². The summed E-state index contributed by atoms with van der Waals surface area (Å²) >= 11 is 5.50. The van der Waals surface area contributed by atoms with Crippen molar-refractivity contribution in [2.45, 2.75) is 0 Å². The molecule has 5 N–H and O–H groups in total. The number of halogens is 1. The molecule has 0 atom stereocenters. The Bertz CT molecular complexity index is 209. The first-order chi connectivity index (χ1) is 4.22. The van der Waals surface area contributed by atoms with Gasteiger partial charge in [-0.1, -0.05) is 29.2 Å². The van der Waals surface area contributed by atoms with Crippen molar-refractivity contribution in [3.05, 3.63) is 23.2 Å². The van der Waals surface area contributed by atoms with Crippen LogP contribution in [-0.4, -0.2) is 23.9 Å². The molecule has 0 spiro atoms. The minimum Gasteiger partial charge on any atom is -0.506 e. The number of rotatable bonds is 0. The molecule has 1 aromatic carbocycles. The van der Waals surface area contributed by atoms with Crippen LogP contribution in [0.4, 0.5) is 0 Å². The minimum absolute atomic E-state index is 0. The number of hydrogen-bond acceptors (Lipinski definition) is 1. The molecule has 0 aliphatic carbocycles. The summed E-state index contributed by atoms with van der Waals surface area (Å²) in [6, 6.07) is 4.75. The quantitative estimate of drug-likeness (QED) is 0.513. The fraction of sp³-hybridized carbons (Fsp3) is 0. The van der Waals surface area contributed by atoms with Crippen molar-refractivity contribution < 1.29 is 16.1 Å². The van der Waals surface area contributed by atoms with E-state index in [4.69, 9.17) is 24.6 Å². The van der Waals surface area contributed by atoms with Crippen molar-refractivity contribution in [1.82, 2.24) is 0 Å². The zero-order chi connectivity index (χ0) is 6.85. The molecule has 0 aromatic heterocycles. The van der Waals surface area contributed by atoms with Crippen LogP contribution < -0.4 is 5.46 Å². The summed E-state index contributed by atoms with van der Waals surface area (Å²) in [7, 11) is 5.33. The fourth-order valence-electron chi connectivity index (χ4n) is 0.537. The lowest BCUT2D eigenvalue weighted by atomic mass is 9.96. The van der Waals surface area contributed by atoms with Crippen LogP contribution in [-0.2, 0) is 0 Å². The Kier molecular flexibility index (Phi) is 5.89. The first-order valence-corrected chi connectivity index (χ1v) is 2.82. The summed E-state index contributed by atoms with van der Waals surface area (Å²) in [5.41, 5.74) is 0.400. The van der Waals surface area contributed by atoms with E-state index in [-0.39, 0.29) is 21.7 Å². The smallest absolute Gasteiger partial charge is 0.133 e. The van der Waals surface area contributed by atoms with Gasteiger partial charge in [-0.3, -0.25) is 0 Å². The molecule has 0 saturated carbocycles. The maximum absolute atomic E-state index is 8.89. The van der Waals surface area contributed by atoms with Gasteiger partial charge in [-0.05, 0) is 6.07 Å². The van der Waals surface area contributed by atoms with Crippen LogP contribution in [0, 0.1) is 0 Å². The average molecular weight is 174 g/mol. The third-order valence-electron chi connectivity index (χ3n) is 1.01. The topological polar surface area (TPSA) is 83.2 Å². The van der Waals surface area contributed by atoms with Gasteiger partial charge in [0, 0.05) is 0 Å². The van der Waals surface area contributed by atoms with Crippen LogP contribution in [0.5, 0.6) is 5.75 Å². The van der Waals surface area contributed by atoms with E-state index in [9.17, 15) is 0 Å². The zero-order valence-electron chi connectivity index (χ0n) is 5.63. The number of phenolic OH excluding ortho intramolecular Hbond substituents is 1. The zero-order valence-corrected chi connectivity index (χ0v) is 6.39. The predicted molar refractivity (Wildman–Crippen MR) is 45.7 cm³/mol. The molecule has 2 radical (unpaired) electrons. The summed E-state index contributed by atoms with van der Waals surface area (Å²) in [6.45, 7) is 0. The van der Waals surface area contributed by atoms with E-state index >= 15 is 0 Å². The van der Waals surface area contributed by atoms with E-state index < -0.39 is 0 Å². The van der Waals surface area contributed by atoms with Crippen LogP contribution in [0.2, 0.25) is 5.02 Å². The Hall–Kier alpha value is -0.705. The number of phenols is 1. The Balaban J connectivity index is 0. The lowest BCUT2D eigenvalue weighted by molar-refractivity contribution is 0.476. The minimum atomic E-state index is 0. The molecule has 11 heavy (non-hydrogen) atoms. The van der Waals surface area contributed by atoms with Gasteiger partial charge in [0.2, 0.25) is 0 Å². The van der Waals surface area contributed by atoms with Crippen molar-refractivity contribution in [3.63, 3.8) is 0 Å². The van der Waals surface area contributed by atoms with Gasteiger partial charge >= 0.3 is 0 Å². The van der Waals surface area contributed by atoms with Crippen molar-refractivity contribution in [3.8, 4) is 5.75 Å². The summed E-state index contributed by atoms with van der Waals surface area (Å²) in [5, 5.41) is 9.11. The highest BCUT2D eigenvalue weighted by atomic mass is 35.5. The van der Waals surface area contributed by atoms with Crippen molar-refractivity contribution in [2.24, 2.45) is 0 Å².